The van der Waals surface area contributed by atoms with Crippen molar-refractivity contribution in [3.05, 3.63) is 89.6 Å². The van der Waals surface area contributed by atoms with Crippen LogP contribution in [0.4, 0.5) is 5.95 Å². The van der Waals surface area contributed by atoms with Gasteiger partial charge in [0.1, 0.15) is 6.26 Å². The summed E-state index contributed by atoms with van der Waals surface area (Å²) in [5.74, 6) is 0.966. The Morgan fingerprint density at radius 3 is 2.50 bits per heavy atom. The Morgan fingerprint density at radius 2 is 1.88 bits per heavy atom. The van der Waals surface area contributed by atoms with Crippen LogP contribution in [0.5, 0.6) is 0 Å². The lowest BCUT2D eigenvalue weighted by Gasteiger charge is -2.34. The predicted octanol–water partition coefficient (Wildman–Crippen LogP) is 3.90. The number of oxazole rings is 1. The fourth-order valence-electron chi connectivity index (χ4n) is 4.93. The van der Waals surface area contributed by atoms with Gasteiger partial charge in [-0.05, 0) is 47.4 Å². The molecular formula is C29H31N5O5S. The Kier molecular flexibility index (Phi) is 7.95. The van der Waals surface area contributed by atoms with E-state index in [1.807, 2.05) is 12.1 Å². The molecule has 0 bridgehead atoms. The predicted molar refractivity (Wildman–Crippen MR) is 150 cm³/mol. The SMILES string of the molecule is CC[C@H]1CN(c2ncc(-c3ncco3)cn2)Cc2cc(C(=O)N[C@@H](CO)c3ccc(S(=O)(=O)CC)cc3)ccc21. The molecule has 1 amide bonds. The number of nitrogens with zero attached hydrogens (tertiary/aromatic N) is 4. The van der Waals surface area contributed by atoms with Crippen LogP contribution in [-0.2, 0) is 16.4 Å². The normalized spacial score (nSPS) is 15.9. The first-order valence-corrected chi connectivity index (χ1v) is 14.8. The number of aliphatic hydroxyl groups excluding tert-OH is 1. The fraction of sp³-hybridized carbons (Fsp3) is 0.310. The maximum atomic E-state index is 13.2. The van der Waals surface area contributed by atoms with Crippen molar-refractivity contribution in [2.45, 2.75) is 43.7 Å². The highest BCUT2D eigenvalue weighted by Gasteiger charge is 2.27. The molecule has 40 heavy (non-hydrogen) atoms. The molecule has 208 valence electrons. The highest BCUT2D eigenvalue weighted by Crippen LogP contribution is 2.33. The third-order valence-electron chi connectivity index (χ3n) is 7.25. The van der Waals surface area contributed by atoms with Crippen molar-refractivity contribution in [2.24, 2.45) is 0 Å². The van der Waals surface area contributed by atoms with Crippen LogP contribution in [0.2, 0.25) is 0 Å². The average Bonchev–Trinajstić information content (AvgIpc) is 3.54. The second kappa shape index (κ2) is 11.6. The quantitative estimate of drug-likeness (QED) is 0.311. The monoisotopic (exact) mass is 561 g/mol. The van der Waals surface area contributed by atoms with Crippen molar-refractivity contribution in [1.82, 2.24) is 20.3 Å². The van der Waals surface area contributed by atoms with Crippen LogP contribution in [0, 0.1) is 0 Å². The van der Waals surface area contributed by atoms with Gasteiger partial charge in [0, 0.05) is 37.0 Å². The lowest BCUT2D eigenvalue weighted by atomic mass is 9.87. The molecule has 1 aliphatic rings. The van der Waals surface area contributed by atoms with Gasteiger partial charge in [0.25, 0.3) is 5.91 Å². The summed E-state index contributed by atoms with van der Waals surface area (Å²) in [6, 6.07) is 11.2. The molecule has 0 saturated heterocycles. The Morgan fingerprint density at radius 1 is 1.12 bits per heavy atom. The lowest BCUT2D eigenvalue weighted by Crippen LogP contribution is -2.35. The molecule has 0 spiro atoms. The Balaban J connectivity index is 1.34. The number of fused-ring (bicyclic) bond motifs is 1. The second-order valence-corrected chi connectivity index (χ2v) is 12.0. The molecule has 0 aliphatic carbocycles. The molecule has 0 fully saturated rings. The van der Waals surface area contributed by atoms with Crippen molar-refractivity contribution < 1.29 is 22.7 Å². The van der Waals surface area contributed by atoms with Crippen molar-refractivity contribution in [3.8, 4) is 11.5 Å². The standard InChI is InChI=1S/C29H31N5O5S/c1-3-19-16-34(29-31-14-23(15-32-29)28-30-11-12-39-28)17-22-13-21(7-10-25(19)22)27(36)33-26(18-35)20-5-8-24(9-6-20)40(37,38)4-2/h5-15,19,26,35H,3-4,16-18H2,1-2H3,(H,33,36)/t19-,26-/m0/s1. The molecule has 2 atom stereocenters. The van der Waals surface area contributed by atoms with E-state index in [2.05, 4.69) is 32.1 Å². The molecule has 0 radical (unpaired) electrons. The zero-order valence-corrected chi connectivity index (χ0v) is 23.1. The van der Waals surface area contributed by atoms with Gasteiger partial charge in [-0.25, -0.2) is 23.4 Å². The molecule has 10 nitrogen and oxygen atoms in total. The summed E-state index contributed by atoms with van der Waals surface area (Å²) in [6.45, 7) is 4.69. The molecule has 0 saturated carbocycles. The van der Waals surface area contributed by atoms with Gasteiger partial charge < -0.3 is 19.7 Å². The Bertz CT molecular complexity index is 1570. The van der Waals surface area contributed by atoms with Crippen molar-refractivity contribution >= 4 is 21.7 Å². The second-order valence-electron chi connectivity index (χ2n) is 9.69. The summed E-state index contributed by atoms with van der Waals surface area (Å²) in [6.07, 6.45) is 7.37. The molecule has 11 heteroatoms. The number of hydrogen-bond donors (Lipinski definition) is 2. The van der Waals surface area contributed by atoms with Crippen LogP contribution in [0.15, 0.2) is 76.6 Å². The maximum Gasteiger partial charge on any atom is 0.251 e. The Hall–Kier alpha value is -4.09. The van der Waals surface area contributed by atoms with Crippen LogP contribution in [0.1, 0.15) is 59.3 Å². The summed E-state index contributed by atoms with van der Waals surface area (Å²) in [5, 5.41) is 12.9. The number of hydrogen-bond acceptors (Lipinski definition) is 9. The number of nitrogens with one attached hydrogen (secondary N) is 1. The zero-order valence-electron chi connectivity index (χ0n) is 22.3. The highest BCUT2D eigenvalue weighted by atomic mass is 32.2. The lowest BCUT2D eigenvalue weighted by molar-refractivity contribution is 0.0916. The molecule has 0 unspecified atom stereocenters. The van der Waals surface area contributed by atoms with E-state index < -0.39 is 15.9 Å². The fourth-order valence-corrected chi connectivity index (χ4v) is 5.81. The smallest absolute Gasteiger partial charge is 0.251 e. The molecule has 3 heterocycles. The van der Waals surface area contributed by atoms with Gasteiger partial charge in [-0.2, -0.15) is 0 Å². The van der Waals surface area contributed by atoms with Gasteiger partial charge in [-0.3, -0.25) is 4.79 Å². The van der Waals surface area contributed by atoms with Gasteiger partial charge in [-0.15, -0.1) is 0 Å². The van der Waals surface area contributed by atoms with Crippen molar-refractivity contribution in [3.63, 3.8) is 0 Å². The number of benzene rings is 2. The van der Waals surface area contributed by atoms with Crippen molar-refractivity contribution in [1.29, 1.82) is 0 Å². The van der Waals surface area contributed by atoms with Crippen LogP contribution in [0.25, 0.3) is 11.5 Å². The number of anilines is 1. The first-order valence-electron chi connectivity index (χ1n) is 13.2. The summed E-state index contributed by atoms with van der Waals surface area (Å²) >= 11 is 0. The molecule has 2 N–H and O–H groups in total. The van der Waals surface area contributed by atoms with Crippen LogP contribution >= 0.6 is 0 Å². The third-order valence-corrected chi connectivity index (χ3v) is 9.00. The summed E-state index contributed by atoms with van der Waals surface area (Å²) in [4.78, 5) is 28.7. The van der Waals surface area contributed by atoms with Crippen LogP contribution in [0.3, 0.4) is 0 Å². The number of carbonyl (C=O) groups excluding carboxylic acids is 1. The number of amides is 1. The topological polar surface area (TPSA) is 139 Å². The summed E-state index contributed by atoms with van der Waals surface area (Å²) in [7, 11) is -3.34. The summed E-state index contributed by atoms with van der Waals surface area (Å²) < 4.78 is 29.6. The van der Waals surface area contributed by atoms with Gasteiger partial charge in [0.15, 0.2) is 9.84 Å². The molecule has 2 aromatic carbocycles. The third kappa shape index (κ3) is 5.61. The van der Waals surface area contributed by atoms with Crippen LogP contribution in [-0.4, -0.2) is 53.3 Å². The van der Waals surface area contributed by atoms with E-state index in [4.69, 9.17) is 4.42 Å². The maximum absolute atomic E-state index is 13.2. The van der Waals surface area contributed by atoms with E-state index in [9.17, 15) is 18.3 Å². The Labute approximate surface area is 233 Å². The molecule has 2 aromatic heterocycles. The number of aromatic nitrogens is 3. The van der Waals surface area contributed by atoms with E-state index >= 15 is 0 Å². The first kappa shape index (κ1) is 27.5. The van der Waals surface area contributed by atoms with Crippen molar-refractivity contribution in [2.75, 3.05) is 23.8 Å². The number of carbonyl (C=O) groups is 1. The van der Waals surface area contributed by atoms with E-state index in [-0.39, 0.29) is 29.1 Å². The van der Waals surface area contributed by atoms with E-state index in [1.54, 1.807) is 43.7 Å². The molecule has 5 rings (SSSR count). The van der Waals surface area contributed by atoms with E-state index in [0.717, 1.165) is 18.5 Å². The number of rotatable bonds is 9. The highest BCUT2D eigenvalue weighted by molar-refractivity contribution is 7.91. The van der Waals surface area contributed by atoms with Gasteiger partial charge in [0.05, 0.1) is 35.1 Å². The molecular weight excluding hydrogens is 530 g/mol. The summed E-state index contributed by atoms with van der Waals surface area (Å²) in [5.41, 5.74) is 3.99. The zero-order chi connectivity index (χ0) is 28.3. The van der Waals surface area contributed by atoms with Gasteiger partial charge in [-0.1, -0.05) is 32.0 Å². The minimum Gasteiger partial charge on any atom is -0.444 e. The minimum absolute atomic E-state index is 0.00101. The van der Waals surface area contributed by atoms with Gasteiger partial charge >= 0.3 is 0 Å². The van der Waals surface area contributed by atoms with Crippen LogP contribution < -0.4 is 10.2 Å². The minimum atomic E-state index is -3.34. The van der Waals surface area contributed by atoms with Gasteiger partial charge in [0.2, 0.25) is 11.8 Å². The number of sulfone groups is 1. The largest absolute Gasteiger partial charge is 0.444 e. The van der Waals surface area contributed by atoms with E-state index in [0.29, 0.717) is 35.1 Å². The molecule has 1 aliphatic heterocycles. The van der Waals surface area contributed by atoms with E-state index in [1.165, 1.54) is 24.0 Å². The number of aliphatic hydroxyl groups is 1. The molecule has 4 aromatic rings. The average molecular weight is 562 g/mol. The first-order chi connectivity index (χ1) is 19.3.